The molecule has 6 aromatic rings. The molecule has 5 aromatic heterocycles. The van der Waals surface area contributed by atoms with Crippen molar-refractivity contribution in [2.45, 2.75) is 38.5 Å². The first-order chi connectivity index (χ1) is 20.5. The van der Waals surface area contributed by atoms with Gasteiger partial charge >= 0.3 is 0 Å². The predicted molar refractivity (Wildman–Crippen MR) is 157 cm³/mol. The van der Waals surface area contributed by atoms with Gasteiger partial charge in [-0.05, 0) is 49.1 Å². The van der Waals surface area contributed by atoms with Gasteiger partial charge in [-0.1, -0.05) is 19.3 Å². The number of aromatic nitrogens is 7. The molecule has 7 rings (SSSR count). The number of anilines is 1. The minimum atomic E-state index is -0.571. The van der Waals surface area contributed by atoms with Gasteiger partial charge in [0.05, 0.1) is 28.5 Å². The number of halogens is 1. The molecule has 1 amide bonds. The number of phenolic OH excluding ortho intramolecular Hbond substituents is 1. The summed E-state index contributed by atoms with van der Waals surface area (Å²) < 4.78 is 14.0. The van der Waals surface area contributed by atoms with Crippen LogP contribution in [0.3, 0.4) is 0 Å². The molecule has 0 radical (unpaired) electrons. The Morgan fingerprint density at radius 3 is 2.69 bits per heavy atom. The van der Waals surface area contributed by atoms with Crippen LogP contribution >= 0.6 is 0 Å². The molecule has 0 saturated heterocycles. The van der Waals surface area contributed by atoms with Crippen LogP contribution < -0.4 is 5.32 Å². The summed E-state index contributed by atoms with van der Waals surface area (Å²) in [6.07, 6.45) is 13.1. The molecule has 5 heterocycles. The van der Waals surface area contributed by atoms with Crippen LogP contribution in [0, 0.1) is 11.7 Å². The number of pyridine rings is 3. The SMILES string of the molecule is O=C(CC1CCCCC1)Nc1cncc(-c2cnc3[nH]nc(-c4nc5c(-c6cc(O)cc(F)c6)nccc5[nH]4)c3c2)c1. The third kappa shape index (κ3) is 5.05. The summed E-state index contributed by atoms with van der Waals surface area (Å²) in [7, 11) is 0. The predicted octanol–water partition coefficient (Wildman–Crippen LogP) is 6.38. The van der Waals surface area contributed by atoms with Crippen LogP contribution in [0.15, 0.2) is 61.2 Å². The van der Waals surface area contributed by atoms with Gasteiger partial charge in [-0.3, -0.25) is 19.9 Å². The number of phenols is 1. The molecule has 42 heavy (non-hydrogen) atoms. The van der Waals surface area contributed by atoms with Crippen molar-refractivity contribution < 1.29 is 14.3 Å². The normalized spacial score (nSPS) is 14.0. The third-order valence-electron chi connectivity index (χ3n) is 7.75. The molecule has 4 N–H and O–H groups in total. The lowest BCUT2D eigenvalue weighted by Crippen LogP contribution is -2.18. The molecule has 10 nitrogen and oxygen atoms in total. The Morgan fingerprint density at radius 1 is 0.976 bits per heavy atom. The van der Waals surface area contributed by atoms with E-state index < -0.39 is 5.82 Å². The Balaban J connectivity index is 1.20. The standard InChI is InChI=1S/C31H27FN8O2/c32-21-9-18(11-23(41)13-21)27-29-25(6-7-34-27)37-31(38-29)28-24-12-20(15-35-30(24)40-39-28)19-10-22(16-33-14-19)36-26(42)8-17-4-2-1-3-5-17/h6-7,9-17,41H,1-5,8H2,(H,36,42)(H,37,38)(H,35,39,40). The fourth-order valence-electron chi connectivity index (χ4n) is 5.74. The van der Waals surface area contributed by atoms with E-state index in [2.05, 4.69) is 35.5 Å². The molecular weight excluding hydrogens is 535 g/mol. The number of imidazole rings is 1. The summed E-state index contributed by atoms with van der Waals surface area (Å²) in [6, 6.07) is 9.39. The van der Waals surface area contributed by atoms with Crippen molar-refractivity contribution in [1.82, 2.24) is 35.1 Å². The maximum Gasteiger partial charge on any atom is 0.224 e. The topological polar surface area (TPSA) is 145 Å². The van der Waals surface area contributed by atoms with Gasteiger partial charge in [0.25, 0.3) is 0 Å². The van der Waals surface area contributed by atoms with Crippen LogP contribution in [0.25, 0.3) is 56.0 Å². The number of rotatable bonds is 6. The van der Waals surface area contributed by atoms with Crippen LogP contribution in [-0.4, -0.2) is 46.1 Å². The summed E-state index contributed by atoms with van der Waals surface area (Å²) in [5.74, 6) is 0.176. The van der Waals surface area contributed by atoms with Crippen molar-refractivity contribution in [2.24, 2.45) is 5.92 Å². The molecule has 0 unspecified atom stereocenters. The first kappa shape index (κ1) is 25.8. The molecule has 1 saturated carbocycles. The molecule has 0 atom stereocenters. The van der Waals surface area contributed by atoms with Gasteiger partial charge in [-0.25, -0.2) is 14.4 Å². The number of hydrogen-bond donors (Lipinski definition) is 4. The number of fused-ring (bicyclic) bond motifs is 2. The zero-order chi connectivity index (χ0) is 28.6. The number of benzene rings is 1. The summed E-state index contributed by atoms with van der Waals surface area (Å²) in [4.78, 5) is 34.0. The fraction of sp³-hybridized carbons (Fsp3) is 0.226. The lowest BCUT2D eigenvalue weighted by atomic mass is 9.87. The minimum Gasteiger partial charge on any atom is -0.508 e. The molecule has 210 valence electrons. The van der Waals surface area contributed by atoms with E-state index in [4.69, 9.17) is 4.98 Å². The Labute approximate surface area is 239 Å². The number of hydrogen-bond acceptors (Lipinski definition) is 7. The molecule has 1 fully saturated rings. The van der Waals surface area contributed by atoms with E-state index in [0.717, 1.165) is 35.4 Å². The highest BCUT2D eigenvalue weighted by Gasteiger charge is 2.19. The first-order valence-electron chi connectivity index (χ1n) is 13.9. The average molecular weight is 563 g/mol. The van der Waals surface area contributed by atoms with Gasteiger partial charge < -0.3 is 15.4 Å². The van der Waals surface area contributed by atoms with Crippen LogP contribution in [-0.2, 0) is 4.79 Å². The number of amides is 1. The summed E-state index contributed by atoms with van der Waals surface area (Å²) in [6.45, 7) is 0. The van der Waals surface area contributed by atoms with E-state index in [9.17, 15) is 14.3 Å². The van der Waals surface area contributed by atoms with Crippen molar-refractivity contribution in [3.63, 3.8) is 0 Å². The Bertz CT molecular complexity index is 1920. The first-order valence-corrected chi connectivity index (χ1v) is 13.9. The maximum absolute atomic E-state index is 14.0. The molecule has 0 bridgehead atoms. The quantitative estimate of drug-likeness (QED) is 0.184. The zero-order valence-corrected chi connectivity index (χ0v) is 22.6. The number of H-pyrrole nitrogens is 2. The molecule has 1 aliphatic rings. The zero-order valence-electron chi connectivity index (χ0n) is 22.6. The largest absolute Gasteiger partial charge is 0.508 e. The van der Waals surface area contributed by atoms with Crippen LogP contribution in [0.5, 0.6) is 5.75 Å². The van der Waals surface area contributed by atoms with Crippen molar-refractivity contribution in [1.29, 1.82) is 0 Å². The van der Waals surface area contributed by atoms with E-state index in [1.54, 1.807) is 30.9 Å². The van der Waals surface area contributed by atoms with Crippen molar-refractivity contribution >= 4 is 33.7 Å². The van der Waals surface area contributed by atoms with Gasteiger partial charge in [0.2, 0.25) is 5.91 Å². The Kier molecular flexibility index (Phi) is 6.54. The van der Waals surface area contributed by atoms with Gasteiger partial charge in [0.15, 0.2) is 11.5 Å². The third-order valence-corrected chi connectivity index (χ3v) is 7.75. The van der Waals surface area contributed by atoms with Crippen molar-refractivity contribution in [3.05, 3.63) is 67.0 Å². The second-order valence-corrected chi connectivity index (χ2v) is 10.8. The number of carbonyl (C=O) groups is 1. The van der Waals surface area contributed by atoms with Crippen LogP contribution in [0.2, 0.25) is 0 Å². The number of aromatic amines is 2. The average Bonchev–Trinajstić information content (AvgIpc) is 3.61. The number of carbonyl (C=O) groups excluding carboxylic acids is 1. The lowest BCUT2D eigenvalue weighted by Gasteiger charge is -2.20. The molecule has 0 aliphatic heterocycles. The van der Waals surface area contributed by atoms with Gasteiger partial charge in [0.1, 0.15) is 22.8 Å². The van der Waals surface area contributed by atoms with Crippen molar-refractivity contribution in [3.8, 4) is 39.7 Å². The lowest BCUT2D eigenvalue weighted by molar-refractivity contribution is -0.117. The molecular formula is C31H27FN8O2. The van der Waals surface area contributed by atoms with Gasteiger partial charge in [-0.2, -0.15) is 5.10 Å². The molecule has 1 aromatic carbocycles. The van der Waals surface area contributed by atoms with Crippen LogP contribution in [0.1, 0.15) is 38.5 Å². The highest BCUT2D eigenvalue weighted by Crippen LogP contribution is 2.33. The maximum atomic E-state index is 14.0. The van der Waals surface area contributed by atoms with E-state index in [-0.39, 0.29) is 11.7 Å². The Morgan fingerprint density at radius 2 is 1.83 bits per heavy atom. The monoisotopic (exact) mass is 562 g/mol. The Hall–Kier alpha value is -5.19. The van der Waals surface area contributed by atoms with E-state index in [1.807, 2.05) is 12.1 Å². The highest BCUT2D eigenvalue weighted by molar-refractivity contribution is 5.96. The number of nitrogens with one attached hydrogen (secondary N) is 3. The van der Waals surface area contributed by atoms with Gasteiger partial charge in [-0.15, -0.1) is 0 Å². The van der Waals surface area contributed by atoms with E-state index >= 15 is 0 Å². The molecule has 0 spiro atoms. The molecule has 11 heteroatoms. The second-order valence-electron chi connectivity index (χ2n) is 10.8. The smallest absolute Gasteiger partial charge is 0.224 e. The fourth-order valence-corrected chi connectivity index (χ4v) is 5.74. The number of nitrogens with zero attached hydrogens (tertiary/aromatic N) is 5. The van der Waals surface area contributed by atoms with E-state index in [0.29, 0.717) is 57.5 Å². The number of aromatic hydroxyl groups is 1. The molecule has 1 aliphatic carbocycles. The summed E-state index contributed by atoms with van der Waals surface area (Å²) in [5, 5.41) is 21.1. The van der Waals surface area contributed by atoms with Crippen LogP contribution in [0.4, 0.5) is 10.1 Å². The minimum absolute atomic E-state index is 0.0127. The van der Waals surface area contributed by atoms with Crippen molar-refractivity contribution in [2.75, 3.05) is 5.32 Å². The van der Waals surface area contributed by atoms with E-state index in [1.165, 1.54) is 31.4 Å². The summed E-state index contributed by atoms with van der Waals surface area (Å²) >= 11 is 0. The highest BCUT2D eigenvalue weighted by atomic mass is 19.1. The summed E-state index contributed by atoms with van der Waals surface area (Å²) in [5.41, 5.74) is 5.40. The second kappa shape index (κ2) is 10.7. The van der Waals surface area contributed by atoms with Gasteiger partial charge in [0, 0.05) is 47.8 Å².